The number of carbonyl (C=O) groups is 2. The summed E-state index contributed by atoms with van der Waals surface area (Å²) in [4.78, 5) is 23.7. The first-order chi connectivity index (χ1) is 11.8. The van der Waals surface area contributed by atoms with Crippen LogP contribution in [0.4, 0.5) is 4.79 Å². The molecule has 2 atom stereocenters. The molecule has 136 valence electrons. The lowest BCUT2D eigenvalue weighted by Gasteiger charge is -2.32. The molecule has 5 heteroatoms. The fourth-order valence-electron chi connectivity index (χ4n) is 2.43. The van der Waals surface area contributed by atoms with Crippen molar-refractivity contribution in [3.05, 3.63) is 60.2 Å². The van der Waals surface area contributed by atoms with E-state index in [-0.39, 0.29) is 6.61 Å². The standard InChI is InChI=1S/C20H27NO4/c1-5-20(4,13-9-10-15(2)3)17(18(22)23)21-19(24)25-14-16-11-7-6-8-12-16/h5-8,10-12,17H,1,9,13-14H2,2-4H3,(H,21,24)(H,22,23)/t17-,20-/m1/s1. The molecule has 0 saturated heterocycles. The van der Waals surface area contributed by atoms with E-state index in [1.165, 1.54) is 0 Å². The molecule has 0 aliphatic rings. The second-order valence-corrected chi connectivity index (χ2v) is 6.51. The highest BCUT2D eigenvalue weighted by atomic mass is 16.5. The first-order valence-corrected chi connectivity index (χ1v) is 8.25. The van der Waals surface area contributed by atoms with Crippen LogP contribution in [0.25, 0.3) is 0 Å². The molecule has 1 amide bonds. The van der Waals surface area contributed by atoms with Gasteiger partial charge < -0.3 is 15.2 Å². The number of ether oxygens (including phenoxy) is 1. The van der Waals surface area contributed by atoms with Gasteiger partial charge in [-0.3, -0.25) is 0 Å². The van der Waals surface area contributed by atoms with Crippen LogP contribution in [0.15, 0.2) is 54.6 Å². The first kappa shape index (κ1) is 20.5. The number of rotatable bonds is 9. The molecule has 0 heterocycles. The molecule has 1 rings (SSSR count). The van der Waals surface area contributed by atoms with Gasteiger partial charge in [-0.15, -0.1) is 6.58 Å². The van der Waals surface area contributed by atoms with Crippen molar-refractivity contribution >= 4 is 12.1 Å². The number of carboxylic acid groups (broad SMARTS) is 1. The Balaban J connectivity index is 2.73. The van der Waals surface area contributed by atoms with Crippen molar-refractivity contribution in [3.63, 3.8) is 0 Å². The van der Waals surface area contributed by atoms with E-state index in [2.05, 4.69) is 11.9 Å². The Labute approximate surface area is 149 Å². The number of amides is 1. The van der Waals surface area contributed by atoms with Gasteiger partial charge in [-0.05, 0) is 32.3 Å². The van der Waals surface area contributed by atoms with Crippen molar-refractivity contribution in [1.82, 2.24) is 5.32 Å². The molecular weight excluding hydrogens is 318 g/mol. The predicted octanol–water partition coefficient (Wildman–Crippen LogP) is 4.30. The van der Waals surface area contributed by atoms with E-state index in [1.54, 1.807) is 13.0 Å². The van der Waals surface area contributed by atoms with Gasteiger partial charge in [0.2, 0.25) is 0 Å². The van der Waals surface area contributed by atoms with E-state index >= 15 is 0 Å². The van der Waals surface area contributed by atoms with Crippen LogP contribution >= 0.6 is 0 Å². The summed E-state index contributed by atoms with van der Waals surface area (Å²) in [5.41, 5.74) is 1.21. The molecule has 0 aromatic heterocycles. The highest BCUT2D eigenvalue weighted by Crippen LogP contribution is 2.30. The molecule has 25 heavy (non-hydrogen) atoms. The zero-order chi connectivity index (χ0) is 18.9. The van der Waals surface area contributed by atoms with Crippen LogP contribution in [-0.4, -0.2) is 23.2 Å². The number of carbonyl (C=O) groups excluding carboxylic acids is 1. The maximum Gasteiger partial charge on any atom is 0.408 e. The lowest BCUT2D eigenvalue weighted by Crippen LogP contribution is -2.50. The smallest absolute Gasteiger partial charge is 0.408 e. The number of alkyl carbamates (subject to hydrolysis) is 1. The van der Waals surface area contributed by atoms with E-state index in [0.717, 1.165) is 11.1 Å². The summed E-state index contributed by atoms with van der Waals surface area (Å²) in [6, 6.07) is 8.10. The Hall–Kier alpha value is -2.56. The third-order valence-corrected chi connectivity index (χ3v) is 4.08. The summed E-state index contributed by atoms with van der Waals surface area (Å²) in [5, 5.41) is 12.0. The third-order valence-electron chi connectivity index (χ3n) is 4.08. The van der Waals surface area contributed by atoms with Crippen molar-refractivity contribution in [3.8, 4) is 0 Å². The molecule has 0 aliphatic carbocycles. The Morgan fingerprint density at radius 3 is 2.48 bits per heavy atom. The molecule has 0 radical (unpaired) electrons. The number of carboxylic acids is 1. The molecular formula is C20H27NO4. The summed E-state index contributed by atoms with van der Waals surface area (Å²) in [5.74, 6) is -1.11. The second kappa shape index (κ2) is 9.67. The molecule has 0 spiro atoms. The maximum atomic E-state index is 12.0. The summed E-state index contributed by atoms with van der Waals surface area (Å²) in [6.07, 6.45) is 4.12. The molecule has 2 N–H and O–H groups in total. The average Bonchev–Trinajstić information content (AvgIpc) is 2.58. The van der Waals surface area contributed by atoms with Crippen LogP contribution in [0.5, 0.6) is 0 Å². The van der Waals surface area contributed by atoms with Gasteiger partial charge in [-0.25, -0.2) is 9.59 Å². The van der Waals surface area contributed by atoms with Crippen molar-refractivity contribution in [1.29, 1.82) is 0 Å². The number of hydrogen-bond donors (Lipinski definition) is 2. The lowest BCUT2D eigenvalue weighted by atomic mass is 9.78. The van der Waals surface area contributed by atoms with Crippen LogP contribution in [-0.2, 0) is 16.1 Å². The van der Waals surface area contributed by atoms with E-state index in [4.69, 9.17) is 4.74 Å². The minimum absolute atomic E-state index is 0.0849. The Morgan fingerprint density at radius 2 is 1.96 bits per heavy atom. The van der Waals surface area contributed by atoms with Crippen molar-refractivity contribution in [2.75, 3.05) is 0 Å². The highest BCUT2D eigenvalue weighted by molar-refractivity contribution is 5.81. The van der Waals surface area contributed by atoms with E-state index in [0.29, 0.717) is 12.8 Å². The number of nitrogens with one attached hydrogen (secondary N) is 1. The minimum Gasteiger partial charge on any atom is -0.480 e. The van der Waals surface area contributed by atoms with Crippen molar-refractivity contribution in [2.24, 2.45) is 5.41 Å². The summed E-state index contributed by atoms with van der Waals surface area (Å²) >= 11 is 0. The van der Waals surface area contributed by atoms with Crippen LogP contribution in [0.1, 0.15) is 39.2 Å². The van der Waals surface area contributed by atoms with Crippen LogP contribution < -0.4 is 5.32 Å². The number of aliphatic carboxylic acids is 1. The monoisotopic (exact) mass is 345 g/mol. The molecule has 1 aromatic carbocycles. The summed E-state index contributed by atoms with van der Waals surface area (Å²) in [6.45, 7) is 9.59. The average molecular weight is 345 g/mol. The number of benzene rings is 1. The SMILES string of the molecule is C=C[C@](C)(CCC=C(C)C)[C@H](NC(=O)OCc1ccccc1)C(=O)O. The topological polar surface area (TPSA) is 75.6 Å². The van der Waals surface area contributed by atoms with Gasteiger partial charge in [0.15, 0.2) is 0 Å². The molecule has 0 unspecified atom stereocenters. The molecule has 1 aromatic rings. The van der Waals surface area contributed by atoms with Crippen molar-refractivity contribution in [2.45, 2.75) is 46.3 Å². The zero-order valence-corrected chi connectivity index (χ0v) is 15.1. The molecule has 0 saturated carbocycles. The van der Waals surface area contributed by atoms with Crippen LogP contribution in [0.2, 0.25) is 0 Å². The Bertz CT molecular complexity index is 620. The van der Waals surface area contributed by atoms with Gasteiger partial charge in [0, 0.05) is 5.41 Å². The second-order valence-electron chi connectivity index (χ2n) is 6.51. The molecule has 5 nitrogen and oxygen atoms in total. The van der Waals surface area contributed by atoms with Gasteiger partial charge in [0.05, 0.1) is 0 Å². The van der Waals surface area contributed by atoms with Gasteiger partial charge in [0.1, 0.15) is 12.6 Å². The fourth-order valence-corrected chi connectivity index (χ4v) is 2.43. The minimum atomic E-state index is -1.11. The lowest BCUT2D eigenvalue weighted by molar-refractivity contribution is -0.142. The summed E-state index contributed by atoms with van der Waals surface area (Å²) in [7, 11) is 0. The van der Waals surface area contributed by atoms with Gasteiger partial charge in [-0.2, -0.15) is 0 Å². The van der Waals surface area contributed by atoms with Gasteiger partial charge in [-0.1, -0.05) is 55.0 Å². The highest BCUT2D eigenvalue weighted by Gasteiger charge is 2.38. The maximum absolute atomic E-state index is 12.0. The largest absolute Gasteiger partial charge is 0.480 e. The Kier molecular flexibility index (Phi) is 7.92. The molecule has 0 aliphatic heterocycles. The van der Waals surface area contributed by atoms with E-state index in [1.807, 2.05) is 50.3 Å². The van der Waals surface area contributed by atoms with Gasteiger partial charge in [0.25, 0.3) is 0 Å². The fraction of sp³-hybridized carbons (Fsp3) is 0.400. The predicted molar refractivity (Wildman–Crippen MR) is 98.2 cm³/mol. The molecule has 0 bridgehead atoms. The van der Waals surface area contributed by atoms with Crippen molar-refractivity contribution < 1.29 is 19.4 Å². The van der Waals surface area contributed by atoms with Crippen LogP contribution in [0, 0.1) is 5.41 Å². The molecule has 0 fully saturated rings. The Morgan fingerprint density at radius 1 is 1.32 bits per heavy atom. The first-order valence-electron chi connectivity index (χ1n) is 8.25. The van der Waals surface area contributed by atoms with Gasteiger partial charge >= 0.3 is 12.1 Å². The third kappa shape index (κ3) is 6.83. The van der Waals surface area contributed by atoms with Crippen LogP contribution in [0.3, 0.4) is 0 Å². The quantitative estimate of drug-likeness (QED) is 0.654. The normalized spacial score (nSPS) is 13.9. The van der Waals surface area contributed by atoms with E-state index < -0.39 is 23.5 Å². The number of hydrogen-bond acceptors (Lipinski definition) is 3. The zero-order valence-electron chi connectivity index (χ0n) is 15.1. The van der Waals surface area contributed by atoms with E-state index in [9.17, 15) is 14.7 Å². The number of allylic oxidation sites excluding steroid dienone is 2. The summed E-state index contributed by atoms with van der Waals surface area (Å²) < 4.78 is 5.13.